The van der Waals surface area contributed by atoms with Crippen molar-refractivity contribution in [1.82, 2.24) is 29.9 Å². The van der Waals surface area contributed by atoms with Gasteiger partial charge in [0.25, 0.3) is 0 Å². The van der Waals surface area contributed by atoms with E-state index >= 15 is 0 Å². The predicted molar refractivity (Wildman–Crippen MR) is 399 cm³/mol. The Bertz CT molecular complexity index is 4720. The minimum absolute atomic E-state index is 0. The molecule has 12 nitrogen and oxygen atoms in total. The third-order valence-electron chi connectivity index (χ3n) is 14.6. The SMILES string of the molecule is CC(=O)C=C(C)O.CC(=O)C=C(C)O.CC(=O)C=C(C)O.CC1(C)c2ccccc2-c2c[c-]c(-c3nccc4ccccc34)cc21.Cc1cccc2nc(-c3[c-]cccc3)ccc12.Fc1c[c-]c(-c2ccccn2)c(F)n1.[Ir].[Ir].[Ir].[Ir].[Ir].[c-]1ccccc1-c1ccccn1.[c-]1ccccc1-c1ccccn1. The summed E-state index contributed by atoms with van der Waals surface area (Å²) in [7, 11) is 0. The minimum atomic E-state index is -0.899. The summed E-state index contributed by atoms with van der Waals surface area (Å²) in [4.78, 5) is 54.8. The Morgan fingerprint density at radius 1 is 0.406 bits per heavy atom. The van der Waals surface area contributed by atoms with E-state index in [2.05, 4.69) is 172 Å². The fourth-order valence-electron chi connectivity index (χ4n) is 10.2. The van der Waals surface area contributed by atoms with E-state index in [0.29, 0.717) is 5.69 Å². The summed E-state index contributed by atoms with van der Waals surface area (Å²) >= 11 is 0. The van der Waals surface area contributed by atoms with Crippen LogP contribution in [0.25, 0.3) is 89.1 Å². The van der Waals surface area contributed by atoms with Crippen LogP contribution >= 0.6 is 0 Å². The van der Waals surface area contributed by atoms with Gasteiger partial charge in [0, 0.05) is 149 Å². The van der Waals surface area contributed by atoms with Crippen LogP contribution in [-0.4, -0.2) is 62.6 Å². The van der Waals surface area contributed by atoms with Crippen molar-refractivity contribution in [3.8, 4) is 67.4 Å². The summed E-state index contributed by atoms with van der Waals surface area (Å²) in [6.07, 6.45) is 10.5. The Kier molecular flexibility index (Phi) is 42.0. The van der Waals surface area contributed by atoms with Crippen LogP contribution in [0, 0.1) is 49.2 Å². The number of halogens is 2. The fourth-order valence-corrected chi connectivity index (χ4v) is 10.2. The van der Waals surface area contributed by atoms with Gasteiger partial charge in [-0.25, -0.2) is 8.78 Å². The van der Waals surface area contributed by atoms with Crippen LogP contribution in [0.5, 0.6) is 0 Å². The summed E-state index contributed by atoms with van der Waals surface area (Å²) in [6, 6.07) is 90.7. The van der Waals surface area contributed by atoms with Gasteiger partial charge in [-0.3, -0.25) is 24.4 Å². The molecule has 19 heteroatoms. The first-order valence-electron chi connectivity index (χ1n) is 32.0. The zero-order chi connectivity index (χ0) is 72.7. The molecule has 3 N–H and O–H groups in total. The van der Waals surface area contributed by atoms with Crippen LogP contribution < -0.4 is 0 Å². The normalized spacial score (nSPS) is 10.9. The molecule has 13 aromatic rings. The number of ketones is 3. The van der Waals surface area contributed by atoms with Gasteiger partial charge in [-0.2, -0.15) is 0 Å². The largest absolute Gasteiger partial charge is 0.512 e. The van der Waals surface area contributed by atoms with Crippen LogP contribution in [0.3, 0.4) is 0 Å². The molecule has 0 amide bonds. The third-order valence-corrected chi connectivity index (χ3v) is 14.6. The van der Waals surface area contributed by atoms with Crippen molar-refractivity contribution in [2.45, 2.75) is 67.7 Å². The smallest absolute Gasteiger partial charge is 0.155 e. The van der Waals surface area contributed by atoms with E-state index in [9.17, 15) is 23.2 Å². The topological polar surface area (TPSA) is 189 Å². The maximum Gasteiger partial charge on any atom is 0.155 e. The number of carbonyl (C=O) groups is 3. The van der Waals surface area contributed by atoms with Crippen LogP contribution in [0.2, 0.25) is 0 Å². The number of benzene rings is 7. The van der Waals surface area contributed by atoms with Crippen molar-refractivity contribution in [2.75, 3.05) is 0 Å². The molecule has 6 aromatic heterocycles. The van der Waals surface area contributed by atoms with Crippen molar-refractivity contribution >= 4 is 39.0 Å². The van der Waals surface area contributed by atoms with E-state index in [1.807, 2.05) is 121 Å². The number of hydrogen-bond acceptors (Lipinski definition) is 12. The standard InChI is InChI=1S/C24H18N.C16H12N.2C11H8N.C10H5F2N2.3C5H8O2.5Ir/c1-24(2)21-10-6-5-9-19(21)20-12-11-17(15-22(20)24)23-18-8-4-3-7-16(18)13-14-25-23;1-12-6-5-9-16-14(12)10-11-15(17-16)13-7-3-2-4-8-13;2*1-2-6-10(7-3-1)11-8-4-5-9-12-11;11-9-5-4-7(10(12)14-9)8-3-1-2-6-13-8;3*1-4(6)3-5(2)7;;;;;/h3-10,12-15H,1-2H3;2-7,9-11H,1H3;2*1-6,8-9H;1-3,5-6H;3*3,6H,1-2H3;;;;;/q5*-1;;;;;;;;. The first-order chi connectivity index (χ1) is 48.6. The van der Waals surface area contributed by atoms with Gasteiger partial charge in [0.05, 0.1) is 22.8 Å². The number of aliphatic hydroxyl groups excluding tert-OH is 3. The van der Waals surface area contributed by atoms with Gasteiger partial charge in [-0.1, -0.05) is 146 Å². The van der Waals surface area contributed by atoms with E-state index < -0.39 is 11.9 Å². The summed E-state index contributed by atoms with van der Waals surface area (Å²) in [5.41, 5.74) is 16.2. The van der Waals surface area contributed by atoms with Crippen molar-refractivity contribution in [3.05, 3.63) is 350 Å². The first-order valence-corrected chi connectivity index (χ1v) is 32.0. The van der Waals surface area contributed by atoms with Gasteiger partial charge in [0.15, 0.2) is 17.3 Å². The average Bonchev–Trinajstić information content (AvgIpc) is 1.58. The van der Waals surface area contributed by atoms with E-state index in [0.717, 1.165) is 56.6 Å². The molecule has 0 fully saturated rings. The maximum atomic E-state index is 13.1. The Morgan fingerprint density at radius 2 is 0.877 bits per heavy atom. The fraction of sp³-hybridized carbons (Fsp3) is 0.115. The van der Waals surface area contributed by atoms with Crippen LogP contribution in [0.4, 0.5) is 8.78 Å². The number of nitrogens with zero attached hydrogens (tertiary/aromatic N) is 6. The number of aliphatic hydroxyl groups is 3. The molecular formula is C87H75F2Ir5N6O6-5. The molecule has 0 bridgehead atoms. The van der Waals surface area contributed by atoms with Gasteiger partial charge >= 0.3 is 0 Å². The number of pyridine rings is 6. The molecule has 0 unspecified atom stereocenters. The number of fused-ring (bicyclic) bond motifs is 5. The molecule has 6 heterocycles. The van der Waals surface area contributed by atoms with Crippen LogP contribution in [0.15, 0.2) is 291 Å². The monoisotopic (exact) mass is 2300 g/mol. The minimum Gasteiger partial charge on any atom is -0.512 e. The van der Waals surface area contributed by atoms with Crippen molar-refractivity contribution < 1.29 is 139 Å². The number of rotatable bonds is 8. The molecule has 0 saturated heterocycles. The summed E-state index contributed by atoms with van der Waals surface area (Å²) in [5.74, 6) is -1.97. The second kappa shape index (κ2) is 48.0. The summed E-state index contributed by atoms with van der Waals surface area (Å²) < 4.78 is 25.6. The molecule has 553 valence electrons. The Morgan fingerprint density at radius 3 is 1.34 bits per heavy atom. The number of hydrogen-bond donors (Lipinski definition) is 3. The van der Waals surface area contributed by atoms with E-state index in [4.69, 9.17) is 15.3 Å². The molecule has 1 aliphatic rings. The van der Waals surface area contributed by atoms with E-state index in [1.165, 1.54) is 110 Å². The average molecular weight is 2300 g/mol. The quantitative estimate of drug-likeness (QED) is 0.0566. The predicted octanol–water partition coefficient (Wildman–Crippen LogP) is 20.4. The molecule has 7 aromatic carbocycles. The van der Waals surface area contributed by atoms with Gasteiger partial charge in [0.2, 0.25) is 0 Å². The molecule has 106 heavy (non-hydrogen) atoms. The Balaban J connectivity index is 0.000000425. The zero-order valence-electron chi connectivity index (χ0n) is 59.2. The Labute approximate surface area is 686 Å². The molecule has 0 atom stereocenters. The number of carbonyl (C=O) groups excluding carboxylic acids is 3. The summed E-state index contributed by atoms with van der Waals surface area (Å²) in [6.45, 7) is 15.3. The molecule has 0 spiro atoms. The summed E-state index contributed by atoms with van der Waals surface area (Å²) in [5, 5.41) is 28.7. The van der Waals surface area contributed by atoms with E-state index in [1.54, 1.807) is 30.6 Å². The molecule has 0 saturated carbocycles. The van der Waals surface area contributed by atoms with Crippen LogP contribution in [0.1, 0.15) is 72.1 Å². The second-order valence-corrected chi connectivity index (χ2v) is 23.1. The van der Waals surface area contributed by atoms with Crippen LogP contribution in [-0.2, 0) is 120 Å². The van der Waals surface area contributed by atoms with E-state index in [-0.39, 0.29) is 146 Å². The van der Waals surface area contributed by atoms with Gasteiger partial charge < -0.3 is 35.3 Å². The number of aromatic nitrogens is 6. The van der Waals surface area contributed by atoms with Gasteiger partial charge in [0.1, 0.15) is 11.9 Å². The Hall–Kier alpha value is -9.30. The van der Waals surface area contributed by atoms with Crippen molar-refractivity contribution in [2.24, 2.45) is 0 Å². The molecule has 14 rings (SSSR count). The van der Waals surface area contributed by atoms with Gasteiger partial charge in [-0.05, 0) is 135 Å². The van der Waals surface area contributed by atoms with Crippen molar-refractivity contribution in [1.29, 1.82) is 0 Å². The third kappa shape index (κ3) is 29.6. The number of aryl methyl sites for hydroxylation is 1. The maximum absolute atomic E-state index is 13.1. The molecule has 0 aliphatic heterocycles. The first kappa shape index (κ1) is 92.8. The second-order valence-electron chi connectivity index (χ2n) is 23.1. The van der Waals surface area contributed by atoms with Gasteiger partial charge in [-0.15, -0.1) is 143 Å². The molecule has 1 aliphatic carbocycles. The zero-order valence-corrected chi connectivity index (χ0v) is 71.1. The molecular weight excluding hydrogens is 2220 g/mol. The number of allylic oxidation sites excluding steroid dienone is 6. The molecule has 5 radical (unpaired) electrons. The van der Waals surface area contributed by atoms with Crippen molar-refractivity contribution in [3.63, 3.8) is 0 Å².